The number of aromatic amines is 1. The molecular formula is C18H17F2N5O2. The van der Waals surface area contributed by atoms with E-state index in [4.69, 9.17) is 0 Å². The van der Waals surface area contributed by atoms with Crippen LogP contribution >= 0.6 is 0 Å². The smallest absolute Gasteiger partial charge is 0.251 e. The number of aromatic nitrogens is 3. The van der Waals surface area contributed by atoms with Crippen LogP contribution in [0, 0.1) is 11.6 Å². The van der Waals surface area contributed by atoms with E-state index in [-0.39, 0.29) is 31.3 Å². The zero-order valence-corrected chi connectivity index (χ0v) is 14.3. The van der Waals surface area contributed by atoms with Crippen LogP contribution in [0.5, 0.6) is 0 Å². The lowest BCUT2D eigenvalue weighted by molar-refractivity contribution is -0.120. The highest BCUT2D eigenvalue weighted by molar-refractivity contribution is 5.97. The number of amides is 2. The number of benzene rings is 2. The second-order valence-corrected chi connectivity index (χ2v) is 5.91. The summed E-state index contributed by atoms with van der Waals surface area (Å²) in [6.07, 6.45) is 0.403. The van der Waals surface area contributed by atoms with E-state index in [0.29, 0.717) is 28.6 Å². The molecule has 0 aliphatic rings. The molecule has 0 aliphatic carbocycles. The summed E-state index contributed by atoms with van der Waals surface area (Å²) < 4.78 is 26.2. The Morgan fingerprint density at radius 1 is 0.926 bits per heavy atom. The van der Waals surface area contributed by atoms with Gasteiger partial charge in [-0.1, -0.05) is 0 Å². The summed E-state index contributed by atoms with van der Waals surface area (Å²) in [6, 6.07) is 8.15. The van der Waals surface area contributed by atoms with Crippen molar-refractivity contribution >= 4 is 22.8 Å². The van der Waals surface area contributed by atoms with E-state index in [2.05, 4.69) is 26.0 Å². The van der Waals surface area contributed by atoms with Crippen molar-refractivity contribution in [3.63, 3.8) is 0 Å². The average molecular weight is 373 g/mol. The number of hydrogen-bond acceptors (Lipinski definition) is 4. The zero-order chi connectivity index (χ0) is 19.2. The fourth-order valence-corrected chi connectivity index (χ4v) is 2.56. The Hall–Kier alpha value is -3.36. The highest BCUT2D eigenvalue weighted by Gasteiger charge is 2.09. The maximum atomic E-state index is 13.1. The first-order valence-electron chi connectivity index (χ1n) is 8.31. The molecule has 0 radical (unpaired) electrons. The summed E-state index contributed by atoms with van der Waals surface area (Å²) in [5.74, 6) is -1.88. The first kappa shape index (κ1) is 18.4. The van der Waals surface area contributed by atoms with Crippen LogP contribution in [0.25, 0.3) is 11.0 Å². The molecule has 0 atom stereocenters. The van der Waals surface area contributed by atoms with Gasteiger partial charge in [-0.2, -0.15) is 15.4 Å². The van der Waals surface area contributed by atoms with Crippen LogP contribution in [-0.4, -0.2) is 40.3 Å². The third kappa shape index (κ3) is 5.06. The minimum atomic E-state index is -0.650. The van der Waals surface area contributed by atoms with Gasteiger partial charge in [0.05, 0.1) is 0 Å². The third-order valence-electron chi connectivity index (χ3n) is 3.87. The molecule has 3 N–H and O–H groups in total. The molecular weight excluding hydrogens is 356 g/mol. The summed E-state index contributed by atoms with van der Waals surface area (Å²) in [5.41, 5.74) is 2.12. The Morgan fingerprint density at radius 2 is 1.67 bits per heavy atom. The van der Waals surface area contributed by atoms with Gasteiger partial charge < -0.3 is 10.6 Å². The number of carbonyl (C=O) groups excluding carboxylic acids is 2. The maximum absolute atomic E-state index is 13.1. The summed E-state index contributed by atoms with van der Waals surface area (Å²) in [4.78, 5) is 23.9. The normalized spacial score (nSPS) is 10.7. The molecule has 1 heterocycles. The van der Waals surface area contributed by atoms with Crippen molar-refractivity contribution in [3.8, 4) is 0 Å². The summed E-state index contributed by atoms with van der Waals surface area (Å²) in [5, 5.41) is 15.6. The molecule has 7 nitrogen and oxygen atoms in total. The van der Waals surface area contributed by atoms with Gasteiger partial charge in [-0.3, -0.25) is 9.59 Å². The van der Waals surface area contributed by atoms with Crippen LogP contribution in [-0.2, 0) is 11.2 Å². The van der Waals surface area contributed by atoms with E-state index < -0.39 is 11.6 Å². The number of nitrogens with one attached hydrogen (secondary N) is 3. The van der Waals surface area contributed by atoms with Crippen molar-refractivity contribution in [2.24, 2.45) is 0 Å². The summed E-state index contributed by atoms with van der Waals surface area (Å²) in [7, 11) is 0. The Labute approximate surface area is 153 Å². The van der Waals surface area contributed by atoms with Crippen LogP contribution < -0.4 is 10.6 Å². The maximum Gasteiger partial charge on any atom is 0.251 e. The Balaban J connectivity index is 1.39. The second kappa shape index (κ2) is 8.35. The third-order valence-corrected chi connectivity index (χ3v) is 3.87. The number of fused-ring (bicyclic) bond motifs is 1. The monoisotopic (exact) mass is 373 g/mol. The van der Waals surface area contributed by atoms with Crippen LogP contribution in [0.4, 0.5) is 8.78 Å². The number of hydrogen-bond donors (Lipinski definition) is 3. The van der Waals surface area contributed by atoms with Crippen molar-refractivity contribution in [1.82, 2.24) is 26.0 Å². The standard InChI is InChI=1S/C18H17F2N5O2/c19-13-7-11(8-14(20)10-13)3-5-21-17(26)4-6-22-18(27)12-1-2-15-16(9-12)24-25-23-15/h1-2,7-10H,3-6H2,(H,21,26)(H,22,27)(H,23,24,25). The molecule has 1 aromatic heterocycles. The number of nitrogens with zero attached hydrogens (tertiary/aromatic N) is 2. The Bertz CT molecular complexity index is 953. The van der Waals surface area contributed by atoms with Crippen molar-refractivity contribution in [1.29, 1.82) is 0 Å². The van der Waals surface area contributed by atoms with Crippen LogP contribution in [0.3, 0.4) is 0 Å². The fourth-order valence-electron chi connectivity index (χ4n) is 2.56. The van der Waals surface area contributed by atoms with E-state index in [9.17, 15) is 18.4 Å². The molecule has 0 fully saturated rings. The Kier molecular flexibility index (Phi) is 5.70. The first-order valence-corrected chi connectivity index (χ1v) is 8.31. The minimum absolute atomic E-state index is 0.0927. The van der Waals surface area contributed by atoms with E-state index >= 15 is 0 Å². The van der Waals surface area contributed by atoms with Crippen molar-refractivity contribution in [2.75, 3.05) is 13.1 Å². The number of rotatable bonds is 7. The molecule has 0 unspecified atom stereocenters. The number of halogens is 2. The van der Waals surface area contributed by atoms with E-state index in [1.54, 1.807) is 18.2 Å². The van der Waals surface area contributed by atoms with Gasteiger partial charge in [0.2, 0.25) is 5.91 Å². The topological polar surface area (TPSA) is 99.8 Å². The molecule has 0 aliphatic heterocycles. The van der Waals surface area contributed by atoms with Gasteiger partial charge in [0, 0.05) is 31.1 Å². The van der Waals surface area contributed by atoms with E-state index in [1.165, 1.54) is 12.1 Å². The number of H-pyrrole nitrogens is 1. The molecule has 0 saturated carbocycles. The van der Waals surface area contributed by atoms with Gasteiger partial charge in [0.1, 0.15) is 22.7 Å². The second-order valence-electron chi connectivity index (χ2n) is 5.91. The van der Waals surface area contributed by atoms with Crippen LogP contribution in [0.2, 0.25) is 0 Å². The molecule has 0 bridgehead atoms. The van der Waals surface area contributed by atoms with Crippen LogP contribution in [0.1, 0.15) is 22.3 Å². The highest BCUT2D eigenvalue weighted by atomic mass is 19.1. The van der Waals surface area contributed by atoms with Crippen molar-refractivity contribution < 1.29 is 18.4 Å². The largest absolute Gasteiger partial charge is 0.356 e. The molecule has 2 aromatic carbocycles. The minimum Gasteiger partial charge on any atom is -0.356 e. The quantitative estimate of drug-likeness (QED) is 0.587. The van der Waals surface area contributed by atoms with Gasteiger partial charge >= 0.3 is 0 Å². The SMILES string of the molecule is O=C(CCNC(=O)c1ccc2n[nH]nc2c1)NCCc1cc(F)cc(F)c1. The predicted molar refractivity (Wildman–Crippen MR) is 93.9 cm³/mol. The molecule has 27 heavy (non-hydrogen) atoms. The Morgan fingerprint density at radius 3 is 2.44 bits per heavy atom. The fraction of sp³-hybridized carbons (Fsp3) is 0.222. The molecule has 9 heteroatoms. The molecule has 140 valence electrons. The average Bonchev–Trinajstić information content (AvgIpc) is 3.08. The predicted octanol–water partition coefficient (Wildman–Crippen LogP) is 1.71. The zero-order valence-electron chi connectivity index (χ0n) is 14.3. The summed E-state index contributed by atoms with van der Waals surface area (Å²) in [6.45, 7) is 0.411. The van der Waals surface area contributed by atoms with Crippen LogP contribution in [0.15, 0.2) is 36.4 Å². The summed E-state index contributed by atoms with van der Waals surface area (Å²) >= 11 is 0. The van der Waals surface area contributed by atoms with Gasteiger partial charge in [0.15, 0.2) is 0 Å². The highest BCUT2D eigenvalue weighted by Crippen LogP contribution is 2.10. The lowest BCUT2D eigenvalue weighted by atomic mass is 10.1. The molecule has 3 rings (SSSR count). The lowest BCUT2D eigenvalue weighted by Gasteiger charge is -2.07. The van der Waals surface area contributed by atoms with Crippen molar-refractivity contribution in [2.45, 2.75) is 12.8 Å². The molecule has 2 amide bonds. The lowest BCUT2D eigenvalue weighted by Crippen LogP contribution is -2.31. The molecule has 0 spiro atoms. The molecule has 0 saturated heterocycles. The molecule has 3 aromatic rings. The van der Waals surface area contributed by atoms with Gasteiger partial charge in [-0.05, 0) is 42.3 Å². The van der Waals surface area contributed by atoms with Gasteiger partial charge in [-0.25, -0.2) is 8.78 Å². The van der Waals surface area contributed by atoms with Gasteiger partial charge in [-0.15, -0.1) is 0 Å². The number of carbonyl (C=O) groups is 2. The van der Waals surface area contributed by atoms with E-state index in [0.717, 1.165) is 6.07 Å². The van der Waals surface area contributed by atoms with E-state index in [1.807, 2.05) is 0 Å². The van der Waals surface area contributed by atoms with Crippen molar-refractivity contribution in [3.05, 3.63) is 59.2 Å². The first-order chi connectivity index (χ1) is 13.0. The van der Waals surface area contributed by atoms with Gasteiger partial charge in [0.25, 0.3) is 5.91 Å².